The van der Waals surface area contributed by atoms with Gasteiger partial charge >= 0.3 is 0 Å². The molecule has 100 valence electrons. The number of aliphatic hydroxyl groups excluding tert-OH is 1. The molecule has 0 bridgehead atoms. The van der Waals surface area contributed by atoms with Gasteiger partial charge in [-0.2, -0.15) is 0 Å². The van der Waals surface area contributed by atoms with Crippen molar-refractivity contribution in [2.24, 2.45) is 0 Å². The number of ether oxygens (including phenoxy) is 1. The minimum Gasteiger partial charge on any atom is -0.494 e. The number of aryl methyl sites for hydroxylation is 1. The van der Waals surface area contributed by atoms with Crippen LogP contribution in [0.3, 0.4) is 0 Å². The number of pyridine rings is 1. The monoisotopic (exact) mass is 257 g/mol. The number of hydrogen-bond donors (Lipinski definition) is 1. The highest BCUT2D eigenvalue weighted by Crippen LogP contribution is 2.27. The Hall–Kier alpha value is -1.87. The zero-order valence-corrected chi connectivity index (χ0v) is 11.3. The molecule has 0 saturated carbocycles. The number of hydrogen-bond acceptors (Lipinski definition) is 3. The zero-order valence-electron chi connectivity index (χ0n) is 11.3. The lowest BCUT2D eigenvalue weighted by atomic mass is 9.97. The van der Waals surface area contributed by atoms with E-state index >= 15 is 0 Å². The van der Waals surface area contributed by atoms with Gasteiger partial charge in [0.25, 0.3) is 0 Å². The van der Waals surface area contributed by atoms with Crippen LogP contribution in [-0.4, -0.2) is 16.7 Å². The third-order valence-corrected chi connectivity index (χ3v) is 3.10. The molecule has 0 spiro atoms. The number of benzene rings is 1. The molecule has 0 saturated heterocycles. The van der Waals surface area contributed by atoms with Crippen LogP contribution >= 0.6 is 0 Å². The van der Waals surface area contributed by atoms with Crippen LogP contribution < -0.4 is 4.74 Å². The lowest BCUT2D eigenvalue weighted by molar-refractivity contribution is 0.218. The molecule has 0 aliphatic carbocycles. The van der Waals surface area contributed by atoms with Gasteiger partial charge in [-0.3, -0.25) is 4.98 Å². The third-order valence-electron chi connectivity index (χ3n) is 3.10. The van der Waals surface area contributed by atoms with Gasteiger partial charge < -0.3 is 9.84 Å². The highest BCUT2D eigenvalue weighted by atomic mass is 16.5. The van der Waals surface area contributed by atoms with E-state index in [1.165, 1.54) is 0 Å². The average molecular weight is 257 g/mol. The SMILES string of the molecule is CCOc1cccc(C(O)c2ccncc2CC)c1. The topological polar surface area (TPSA) is 42.4 Å². The summed E-state index contributed by atoms with van der Waals surface area (Å²) in [6.07, 6.45) is 3.74. The number of rotatable bonds is 5. The summed E-state index contributed by atoms with van der Waals surface area (Å²) in [5, 5.41) is 10.5. The van der Waals surface area contributed by atoms with Gasteiger partial charge in [0.2, 0.25) is 0 Å². The lowest BCUT2D eigenvalue weighted by Gasteiger charge is -2.15. The van der Waals surface area contributed by atoms with Crippen molar-refractivity contribution < 1.29 is 9.84 Å². The Bertz CT molecular complexity index is 540. The van der Waals surface area contributed by atoms with Gasteiger partial charge in [-0.15, -0.1) is 0 Å². The second-order valence-electron chi connectivity index (χ2n) is 4.34. The summed E-state index contributed by atoms with van der Waals surface area (Å²) in [6.45, 7) is 4.63. The van der Waals surface area contributed by atoms with Crippen molar-refractivity contribution in [3.63, 3.8) is 0 Å². The van der Waals surface area contributed by atoms with Crippen LogP contribution in [0.5, 0.6) is 5.75 Å². The van der Waals surface area contributed by atoms with Gasteiger partial charge in [-0.25, -0.2) is 0 Å². The minimum absolute atomic E-state index is 0.620. The Balaban J connectivity index is 2.32. The second-order valence-corrected chi connectivity index (χ2v) is 4.34. The molecular formula is C16H19NO2. The molecule has 0 amide bonds. The Morgan fingerprint density at radius 2 is 2.11 bits per heavy atom. The number of aliphatic hydroxyl groups is 1. The largest absolute Gasteiger partial charge is 0.494 e. The minimum atomic E-state index is -0.640. The highest BCUT2D eigenvalue weighted by molar-refractivity contribution is 5.37. The van der Waals surface area contributed by atoms with Gasteiger partial charge in [0.05, 0.1) is 6.61 Å². The van der Waals surface area contributed by atoms with Crippen molar-refractivity contribution >= 4 is 0 Å². The fourth-order valence-corrected chi connectivity index (χ4v) is 2.12. The smallest absolute Gasteiger partial charge is 0.119 e. The maximum atomic E-state index is 10.5. The van der Waals surface area contributed by atoms with Crippen LogP contribution in [0.4, 0.5) is 0 Å². The first-order valence-corrected chi connectivity index (χ1v) is 6.59. The van der Waals surface area contributed by atoms with Crippen LogP contribution in [0.25, 0.3) is 0 Å². The molecule has 19 heavy (non-hydrogen) atoms. The Morgan fingerprint density at radius 3 is 2.84 bits per heavy atom. The molecule has 2 aromatic rings. The second kappa shape index (κ2) is 6.34. The Morgan fingerprint density at radius 1 is 1.26 bits per heavy atom. The third kappa shape index (κ3) is 3.12. The zero-order chi connectivity index (χ0) is 13.7. The van der Waals surface area contributed by atoms with Crippen LogP contribution in [0.1, 0.15) is 36.6 Å². The summed E-state index contributed by atoms with van der Waals surface area (Å²) >= 11 is 0. The van der Waals surface area contributed by atoms with Gasteiger partial charge in [0, 0.05) is 12.4 Å². The maximum Gasteiger partial charge on any atom is 0.119 e. The van der Waals surface area contributed by atoms with Crippen LogP contribution in [0.2, 0.25) is 0 Å². The van der Waals surface area contributed by atoms with Gasteiger partial charge in [0.15, 0.2) is 0 Å². The molecule has 3 heteroatoms. The molecule has 1 N–H and O–H groups in total. The predicted molar refractivity (Wildman–Crippen MR) is 75.3 cm³/mol. The van der Waals surface area contributed by atoms with Gasteiger partial charge in [-0.1, -0.05) is 19.1 Å². The van der Waals surface area contributed by atoms with Crippen LogP contribution in [-0.2, 0) is 6.42 Å². The van der Waals surface area contributed by atoms with E-state index in [0.29, 0.717) is 6.61 Å². The molecule has 3 nitrogen and oxygen atoms in total. The molecule has 1 unspecified atom stereocenters. The summed E-state index contributed by atoms with van der Waals surface area (Å²) < 4.78 is 5.47. The maximum absolute atomic E-state index is 10.5. The van der Waals surface area contributed by atoms with E-state index in [-0.39, 0.29) is 0 Å². The average Bonchev–Trinajstić information content (AvgIpc) is 2.47. The Kier molecular flexibility index (Phi) is 4.53. The van der Waals surface area contributed by atoms with Crippen molar-refractivity contribution in [2.45, 2.75) is 26.4 Å². The normalized spacial score (nSPS) is 12.2. The molecule has 0 aliphatic rings. The van der Waals surface area contributed by atoms with Crippen molar-refractivity contribution in [3.8, 4) is 5.75 Å². The van der Waals surface area contributed by atoms with Crippen molar-refractivity contribution in [3.05, 3.63) is 59.4 Å². The molecule has 1 heterocycles. The van der Waals surface area contributed by atoms with E-state index in [1.807, 2.05) is 43.5 Å². The number of aromatic nitrogens is 1. The van der Waals surface area contributed by atoms with E-state index in [1.54, 1.807) is 6.20 Å². The van der Waals surface area contributed by atoms with E-state index in [9.17, 15) is 5.11 Å². The summed E-state index contributed by atoms with van der Waals surface area (Å²) in [5.74, 6) is 0.783. The van der Waals surface area contributed by atoms with Crippen LogP contribution in [0, 0.1) is 0 Å². The summed E-state index contributed by atoms with van der Waals surface area (Å²) in [5.41, 5.74) is 2.81. The summed E-state index contributed by atoms with van der Waals surface area (Å²) in [4.78, 5) is 4.10. The van der Waals surface area contributed by atoms with Crippen LogP contribution in [0.15, 0.2) is 42.7 Å². The molecule has 0 radical (unpaired) electrons. The first kappa shape index (κ1) is 13.6. The standard InChI is InChI=1S/C16H19NO2/c1-3-12-11-17-9-8-15(12)16(18)13-6-5-7-14(10-13)19-4-2/h5-11,16,18H,3-4H2,1-2H3. The quantitative estimate of drug-likeness (QED) is 0.894. The molecule has 0 fully saturated rings. The molecule has 1 atom stereocenters. The molecule has 1 aromatic carbocycles. The van der Waals surface area contributed by atoms with Gasteiger partial charge in [-0.05, 0) is 48.2 Å². The van der Waals surface area contributed by atoms with Gasteiger partial charge in [0.1, 0.15) is 11.9 Å². The van der Waals surface area contributed by atoms with Crippen molar-refractivity contribution in [2.75, 3.05) is 6.61 Å². The lowest BCUT2D eigenvalue weighted by Crippen LogP contribution is -2.04. The first-order chi connectivity index (χ1) is 9.26. The fraction of sp³-hybridized carbons (Fsp3) is 0.312. The van der Waals surface area contributed by atoms with E-state index < -0.39 is 6.10 Å². The van der Waals surface area contributed by atoms with E-state index in [2.05, 4.69) is 11.9 Å². The predicted octanol–water partition coefficient (Wildman–Crippen LogP) is 3.12. The Labute approximate surface area is 113 Å². The summed E-state index contributed by atoms with van der Waals surface area (Å²) in [6, 6.07) is 9.46. The first-order valence-electron chi connectivity index (χ1n) is 6.59. The molecule has 2 rings (SSSR count). The fourth-order valence-electron chi connectivity index (χ4n) is 2.12. The van der Waals surface area contributed by atoms with Crippen molar-refractivity contribution in [1.82, 2.24) is 4.98 Å². The molecule has 1 aromatic heterocycles. The molecule has 0 aliphatic heterocycles. The highest BCUT2D eigenvalue weighted by Gasteiger charge is 2.14. The van der Waals surface area contributed by atoms with E-state index in [4.69, 9.17) is 4.74 Å². The number of nitrogens with zero attached hydrogens (tertiary/aromatic N) is 1. The van der Waals surface area contributed by atoms with Crippen molar-refractivity contribution in [1.29, 1.82) is 0 Å². The summed E-state index contributed by atoms with van der Waals surface area (Å²) in [7, 11) is 0. The molecular weight excluding hydrogens is 238 g/mol. The van der Waals surface area contributed by atoms with E-state index in [0.717, 1.165) is 28.9 Å².